The van der Waals surface area contributed by atoms with Crippen LogP contribution < -0.4 is 5.32 Å². The molecule has 0 heterocycles. The summed E-state index contributed by atoms with van der Waals surface area (Å²) in [6.45, 7) is 0. The molecule has 0 amide bonds. The van der Waals surface area contributed by atoms with Crippen molar-refractivity contribution in [1.82, 2.24) is 0 Å². The number of benzene rings is 1. The second-order valence-corrected chi connectivity index (χ2v) is 3.22. The lowest BCUT2D eigenvalue weighted by Gasteiger charge is -2.05. The molecule has 1 saturated carbocycles. The van der Waals surface area contributed by atoms with E-state index in [0.29, 0.717) is 17.3 Å². The Morgan fingerprint density at radius 3 is 2.85 bits per heavy atom. The second-order valence-electron chi connectivity index (χ2n) is 3.22. The van der Waals surface area contributed by atoms with Crippen molar-refractivity contribution < 1.29 is 4.39 Å². The van der Waals surface area contributed by atoms with E-state index < -0.39 is 0 Å². The molecule has 1 N–H and O–H groups in total. The molecular formula is C10H9FN2. The van der Waals surface area contributed by atoms with E-state index >= 15 is 0 Å². The van der Waals surface area contributed by atoms with E-state index in [1.807, 2.05) is 6.07 Å². The van der Waals surface area contributed by atoms with Crippen LogP contribution in [0.3, 0.4) is 0 Å². The fourth-order valence-corrected chi connectivity index (χ4v) is 1.18. The standard InChI is InChI=1S/C10H9FN2/c11-8-2-1-7(6-12)10(5-8)13-9-3-4-9/h1-2,5,9,13H,3-4H2. The monoisotopic (exact) mass is 176 g/mol. The first-order valence-corrected chi connectivity index (χ1v) is 4.26. The molecule has 2 rings (SSSR count). The molecule has 0 aromatic heterocycles. The van der Waals surface area contributed by atoms with Gasteiger partial charge in [-0.1, -0.05) is 0 Å². The first-order chi connectivity index (χ1) is 6.29. The van der Waals surface area contributed by atoms with Crippen LogP contribution in [0.1, 0.15) is 18.4 Å². The lowest BCUT2D eigenvalue weighted by Crippen LogP contribution is -2.03. The third-order valence-corrected chi connectivity index (χ3v) is 2.04. The van der Waals surface area contributed by atoms with Crippen molar-refractivity contribution in [3.05, 3.63) is 29.6 Å². The summed E-state index contributed by atoms with van der Waals surface area (Å²) in [5, 5.41) is 11.8. The van der Waals surface area contributed by atoms with Crippen molar-refractivity contribution in [2.45, 2.75) is 18.9 Å². The van der Waals surface area contributed by atoms with Gasteiger partial charge in [-0.05, 0) is 31.0 Å². The van der Waals surface area contributed by atoms with Crippen molar-refractivity contribution in [2.24, 2.45) is 0 Å². The van der Waals surface area contributed by atoms with Crippen LogP contribution in [0.15, 0.2) is 18.2 Å². The van der Waals surface area contributed by atoms with E-state index in [1.165, 1.54) is 18.2 Å². The molecule has 1 aliphatic carbocycles. The van der Waals surface area contributed by atoms with Gasteiger partial charge in [-0.2, -0.15) is 5.26 Å². The van der Waals surface area contributed by atoms with Gasteiger partial charge in [0.2, 0.25) is 0 Å². The number of nitriles is 1. The summed E-state index contributed by atoms with van der Waals surface area (Å²) in [6.07, 6.45) is 2.22. The van der Waals surface area contributed by atoms with Crippen LogP contribution >= 0.6 is 0 Å². The average Bonchev–Trinajstić information content (AvgIpc) is 2.89. The van der Waals surface area contributed by atoms with Crippen molar-refractivity contribution in [3.63, 3.8) is 0 Å². The normalized spacial score (nSPS) is 15.1. The highest BCUT2D eigenvalue weighted by molar-refractivity contribution is 5.58. The molecule has 1 aromatic rings. The molecule has 2 nitrogen and oxygen atoms in total. The minimum absolute atomic E-state index is 0.304. The molecule has 66 valence electrons. The van der Waals surface area contributed by atoms with E-state index in [0.717, 1.165) is 12.8 Å². The molecule has 0 bridgehead atoms. The van der Waals surface area contributed by atoms with Gasteiger partial charge in [0, 0.05) is 6.04 Å². The van der Waals surface area contributed by atoms with Gasteiger partial charge >= 0.3 is 0 Å². The Balaban J connectivity index is 2.29. The molecule has 0 unspecified atom stereocenters. The Morgan fingerprint density at radius 2 is 2.23 bits per heavy atom. The van der Waals surface area contributed by atoms with Crippen molar-refractivity contribution >= 4 is 5.69 Å². The van der Waals surface area contributed by atoms with E-state index in [9.17, 15) is 4.39 Å². The summed E-state index contributed by atoms with van der Waals surface area (Å²) >= 11 is 0. The second kappa shape index (κ2) is 3.06. The smallest absolute Gasteiger partial charge is 0.125 e. The summed E-state index contributed by atoms with van der Waals surface area (Å²) in [7, 11) is 0. The first-order valence-electron chi connectivity index (χ1n) is 4.26. The van der Waals surface area contributed by atoms with Gasteiger partial charge in [-0.25, -0.2) is 4.39 Å². The highest BCUT2D eigenvalue weighted by Crippen LogP contribution is 2.26. The van der Waals surface area contributed by atoms with E-state index in [4.69, 9.17) is 5.26 Å². The summed E-state index contributed by atoms with van der Waals surface area (Å²) < 4.78 is 12.8. The van der Waals surface area contributed by atoms with Gasteiger partial charge in [0.1, 0.15) is 11.9 Å². The number of nitrogens with zero attached hydrogens (tertiary/aromatic N) is 1. The number of hydrogen-bond donors (Lipinski definition) is 1. The zero-order chi connectivity index (χ0) is 9.26. The highest BCUT2D eigenvalue weighted by atomic mass is 19.1. The summed E-state index contributed by atoms with van der Waals surface area (Å²) in [6, 6.07) is 6.64. The third kappa shape index (κ3) is 1.78. The zero-order valence-electron chi connectivity index (χ0n) is 7.05. The molecule has 0 atom stereocenters. The predicted molar refractivity (Wildman–Crippen MR) is 47.8 cm³/mol. The molecule has 0 saturated heterocycles. The third-order valence-electron chi connectivity index (χ3n) is 2.04. The summed E-state index contributed by atoms with van der Waals surface area (Å²) in [4.78, 5) is 0. The maximum atomic E-state index is 12.8. The van der Waals surface area contributed by atoms with Gasteiger partial charge in [-0.3, -0.25) is 0 Å². The van der Waals surface area contributed by atoms with Crippen LogP contribution in [0.5, 0.6) is 0 Å². The molecular weight excluding hydrogens is 167 g/mol. The van der Waals surface area contributed by atoms with Crippen molar-refractivity contribution in [1.29, 1.82) is 5.26 Å². The van der Waals surface area contributed by atoms with E-state index in [1.54, 1.807) is 0 Å². The molecule has 0 spiro atoms. The molecule has 13 heavy (non-hydrogen) atoms. The lowest BCUT2D eigenvalue weighted by atomic mass is 10.2. The molecule has 1 aromatic carbocycles. The summed E-state index contributed by atoms with van der Waals surface area (Å²) in [5.74, 6) is -0.304. The van der Waals surface area contributed by atoms with Crippen LogP contribution in [0.2, 0.25) is 0 Å². The van der Waals surface area contributed by atoms with Crippen LogP contribution in [0.4, 0.5) is 10.1 Å². The fraction of sp³-hybridized carbons (Fsp3) is 0.300. The molecule has 3 heteroatoms. The SMILES string of the molecule is N#Cc1ccc(F)cc1NC1CC1. The maximum Gasteiger partial charge on any atom is 0.125 e. The molecule has 1 fully saturated rings. The predicted octanol–water partition coefficient (Wildman–Crippen LogP) is 2.27. The topological polar surface area (TPSA) is 35.8 Å². The Kier molecular flexibility index (Phi) is 1.90. The van der Waals surface area contributed by atoms with Crippen LogP contribution in [0, 0.1) is 17.1 Å². The van der Waals surface area contributed by atoms with Crippen molar-refractivity contribution in [2.75, 3.05) is 5.32 Å². The van der Waals surface area contributed by atoms with Gasteiger partial charge in [0.05, 0.1) is 11.3 Å². The van der Waals surface area contributed by atoms with Gasteiger partial charge in [0.15, 0.2) is 0 Å². The van der Waals surface area contributed by atoms with Gasteiger partial charge < -0.3 is 5.32 Å². The minimum Gasteiger partial charge on any atom is -0.381 e. The highest BCUT2D eigenvalue weighted by Gasteiger charge is 2.21. The Bertz CT molecular complexity index is 364. The number of hydrogen-bond acceptors (Lipinski definition) is 2. The molecule has 0 aliphatic heterocycles. The van der Waals surface area contributed by atoms with E-state index in [-0.39, 0.29) is 5.82 Å². The quantitative estimate of drug-likeness (QED) is 0.750. The number of halogens is 1. The van der Waals surface area contributed by atoms with Gasteiger partial charge in [0.25, 0.3) is 0 Å². The van der Waals surface area contributed by atoms with Crippen LogP contribution in [-0.4, -0.2) is 6.04 Å². The summed E-state index contributed by atoms with van der Waals surface area (Å²) in [5.41, 5.74) is 1.12. The zero-order valence-corrected chi connectivity index (χ0v) is 7.05. The number of anilines is 1. The number of nitrogens with one attached hydrogen (secondary N) is 1. The largest absolute Gasteiger partial charge is 0.381 e. The minimum atomic E-state index is -0.304. The number of rotatable bonds is 2. The Labute approximate surface area is 76.0 Å². The lowest BCUT2D eigenvalue weighted by molar-refractivity contribution is 0.628. The first kappa shape index (κ1) is 8.06. The van der Waals surface area contributed by atoms with Crippen LogP contribution in [0.25, 0.3) is 0 Å². The maximum absolute atomic E-state index is 12.8. The average molecular weight is 176 g/mol. The Hall–Kier alpha value is -1.56. The van der Waals surface area contributed by atoms with Crippen molar-refractivity contribution in [3.8, 4) is 6.07 Å². The van der Waals surface area contributed by atoms with Gasteiger partial charge in [-0.15, -0.1) is 0 Å². The Morgan fingerprint density at radius 1 is 1.46 bits per heavy atom. The van der Waals surface area contributed by atoms with E-state index in [2.05, 4.69) is 5.32 Å². The molecule has 0 radical (unpaired) electrons. The molecule has 1 aliphatic rings. The van der Waals surface area contributed by atoms with Crippen LogP contribution in [-0.2, 0) is 0 Å². The fourth-order valence-electron chi connectivity index (χ4n) is 1.18.